The standard InChI is InChI=1S/C29H30N4O3/c1-29(27(35)33(28(36)31-29)20-21-12-16-30-17-13-21)24-14-18-32(19-15-24)26(34)25(22-8-4-2-5-9-22)23-10-6-3-7-11-23/h2-13,16-17,24-25H,14-15,18-20H2,1H3,(H,31,36)/t29-/m1/s1. The zero-order valence-corrected chi connectivity index (χ0v) is 20.3. The number of hydrogen-bond donors (Lipinski definition) is 1. The summed E-state index contributed by atoms with van der Waals surface area (Å²) in [5.41, 5.74) is 1.81. The number of imide groups is 1. The lowest BCUT2D eigenvalue weighted by molar-refractivity contribution is -0.136. The van der Waals surface area contributed by atoms with Gasteiger partial charge in [-0.25, -0.2) is 4.79 Å². The van der Waals surface area contributed by atoms with Crippen molar-refractivity contribution in [3.63, 3.8) is 0 Å². The van der Waals surface area contributed by atoms with Crippen LogP contribution in [0.1, 0.15) is 42.4 Å². The van der Waals surface area contributed by atoms with E-state index in [9.17, 15) is 14.4 Å². The Hall–Kier alpha value is -4.00. The van der Waals surface area contributed by atoms with Crippen LogP contribution in [0.5, 0.6) is 0 Å². The maximum absolute atomic E-state index is 13.8. The fraction of sp³-hybridized carbons (Fsp3) is 0.310. The number of hydrogen-bond acceptors (Lipinski definition) is 4. The fourth-order valence-corrected chi connectivity index (χ4v) is 5.44. The number of urea groups is 1. The highest BCUT2D eigenvalue weighted by Crippen LogP contribution is 2.35. The molecule has 4 amide bonds. The molecule has 184 valence electrons. The Morgan fingerprint density at radius 3 is 2.06 bits per heavy atom. The second kappa shape index (κ2) is 9.93. The zero-order chi connectivity index (χ0) is 25.1. The highest BCUT2D eigenvalue weighted by atomic mass is 16.2. The van der Waals surface area contributed by atoms with Crippen molar-refractivity contribution in [2.24, 2.45) is 5.92 Å². The highest BCUT2D eigenvalue weighted by molar-refractivity contribution is 6.07. The van der Waals surface area contributed by atoms with Crippen LogP contribution < -0.4 is 5.32 Å². The average Bonchev–Trinajstić information content (AvgIpc) is 3.14. The number of benzene rings is 2. The molecule has 1 atom stereocenters. The third-order valence-electron chi connectivity index (χ3n) is 7.53. The molecular formula is C29H30N4O3. The number of nitrogens with one attached hydrogen (secondary N) is 1. The molecule has 0 saturated carbocycles. The van der Waals surface area contributed by atoms with Crippen molar-refractivity contribution in [2.75, 3.05) is 13.1 Å². The summed E-state index contributed by atoms with van der Waals surface area (Å²) in [6, 6.07) is 22.9. The molecule has 2 aliphatic rings. The van der Waals surface area contributed by atoms with Crippen LogP contribution in [0.2, 0.25) is 0 Å². The number of piperidine rings is 1. The van der Waals surface area contributed by atoms with Crippen LogP contribution in [0.4, 0.5) is 4.79 Å². The first kappa shape index (κ1) is 23.7. The van der Waals surface area contributed by atoms with Crippen molar-refractivity contribution in [1.29, 1.82) is 0 Å². The quantitative estimate of drug-likeness (QED) is 0.539. The molecule has 2 saturated heterocycles. The van der Waals surface area contributed by atoms with Crippen LogP contribution in [0, 0.1) is 5.92 Å². The Bertz CT molecular complexity index is 1190. The SMILES string of the molecule is C[C@]1(C2CCN(C(=O)C(c3ccccc3)c3ccccc3)CC2)NC(=O)N(Cc2ccncc2)C1=O. The average molecular weight is 483 g/mol. The van der Waals surface area contributed by atoms with Crippen molar-refractivity contribution < 1.29 is 14.4 Å². The topological polar surface area (TPSA) is 82.6 Å². The van der Waals surface area contributed by atoms with Gasteiger partial charge < -0.3 is 10.2 Å². The molecule has 1 aromatic heterocycles. The van der Waals surface area contributed by atoms with Crippen LogP contribution in [0.15, 0.2) is 85.2 Å². The first-order chi connectivity index (χ1) is 17.5. The van der Waals surface area contributed by atoms with Crippen LogP contribution in [-0.4, -0.2) is 51.3 Å². The molecule has 7 heteroatoms. The normalized spacial score (nSPS) is 20.6. The third-order valence-corrected chi connectivity index (χ3v) is 7.53. The van der Waals surface area contributed by atoms with E-state index in [1.807, 2.05) is 72.5 Å². The number of amides is 4. The Morgan fingerprint density at radius 2 is 1.50 bits per heavy atom. The van der Waals surface area contributed by atoms with E-state index in [-0.39, 0.29) is 36.2 Å². The maximum atomic E-state index is 13.8. The molecule has 3 heterocycles. The van der Waals surface area contributed by atoms with E-state index >= 15 is 0 Å². The summed E-state index contributed by atoms with van der Waals surface area (Å²) >= 11 is 0. The van der Waals surface area contributed by atoms with Crippen molar-refractivity contribution in [2.45, 2.75) is 37.8 Å². The van der Waals surface area contributed by atoms with E-state index in [0.717, 1.165) is 16.7 Å². The largest absolute Gasteiger partial charge is 0.342 e. The Labute approximate surface area is 211 Å². The van der Waals surface area contributed by atoms with E-state index < -0.39 is 5.54 Å². The fourth-order valence-electron chi connectivity index (χ4n) is 5.44. The number of likely N-dealkylation sites (tertiary alicyclic amines) is 1. The summed E-state index contributed by atoms with van der Waals surface area (Å²) in [7, 11) is 0. The first-order valence-electron chi connectivity index (χ1n) is 12.4. The van der Waals surface area contributed by atoms with Crippen LogP contribution in [-0.2, 0) is 16.1 Å². The van der Waals surface area contributed by atoms with Crippen LogP contribution in [0.3, 0.4) is 0 Å². The van der Waals surface area contributed by atoms with Gasteiger partial charge in [0.25, 0.3) is 5.91 Å². The molecule has 2 fully saturated rings. The van der Waals surface area contributed by atoms with Crippen molar-refractivity contribution >= 4 is 17.8 Å². The van der Waals surface area contributed by atoms with Gasteiger partial charge in [0.1, 0.15) is 5.54 Å². The summed E-state index contributed by atoms with van der Waals surface area (Å²) < 4.78 is 0. The van der Waals surface area contributed by atoms with E-state index in [1.54, 1.807) is 24.5 Å². The summed E-state index contributed by atoms with van der Waals surface area (Å²) in [6.07, 6.45) is 4.59. The van der Waals surface area contributed by atoms with Crippen molar-refractivity contribution in [1.82, 2.24) is 20.1 Å². The predicted octanol–water partition coefficient (Wildman–Crippen LogP) is 3.96. The van der Waals surface area contributed by atoms with Gasteiger partial charge in [0.15, 0.2) is 0 Å². The number of aromatic nitrogens is 1. The molecule has 0 spiro atoms. The molecule has 0 unspecified atom stereocenters. The maximum Gasteiger partial charge on any atom is 0.325 e. The molecule has 0 bridgehead atoms. The minimum atomic E-state index is -0.975. The second-order valence-electron chi connectivity index (χ2n) is 9.73. The molecule has 7 nitrogen and oxygen atoms in total. The van der Waals surface area contributed by atoms with Crippen molar-refractivity contribution in [3.05, 3.63) is 102 Å². The zero-order valence-electron chi connectivity index (χ0n) is 20.3. The molecule has 2 aromatic carbocycles. The molecule has 36 heavy (non-hydrogen) atoms. The molecule has 0 aliphatic carbocycles. The second-order valence-corrected chi connectivity index (χ2v) is 9.73. The number of carbonyl (C=O) groups is 3. The Morgan fingerprint density at radius 1 is 0.944 bits per heavy atom. The summed E-state index contributed by atoms with van der Waals surface area (Å²) in [5.74, 6) is -0.562. The molecule has 3 aromatic rings. The minimum Gasteiger partial charge on any atom is -0.342 e. The van der Waals surface area contributed by atoms with Gasteiger partial charge in [0.05, 0.1) is 12.5 Å². The third kappa shape index (κ3) is 4.49. The number of rotatable bonds is 6. The monoisotopic (exact) mass is 482 g/mol. The highest BCUT2D eigenvalue weighted by Gasteiger charge is 2.53. The smallest absolute Gasteiger partial charge is 0.325 e. The van der Waals surface area contributed by atoms with E-state index in [2.05, 4.69) is 10.3 Å². The Balaban J connectivity index is 1.29. The van der Waals surface area contributed by atoms with Gasteiger partial charge in [-0.3, -0.25) is 19.5 Å². The molecule has 5 rings (SSSR count). The van der Waals surface area contributed by atoms with Gasteiger partial charge in [-0.05, 0) is 54.5 Å². The first-order valence-corrected chi connectivity index (χ1v) is 12.4. The molecule has 1 N–H and O–H groups in total. The molecular weight excluding hydrogens is 452 g/mol. The summed E-state index contributed by atoms with van der Waals surface area (Å²) in [6.45, 7) is 3.13. The lowest BCUT2D eigenvalue weighted by Crippen LogP contribution is -2.54. The van der Waals surface area contributed by atoms with Crippen LogP contribution >= 0.6 is 0 Å². The number of carbonyl (C=O) groups excluding carboxylic acids is 3. The molecule has 2 aliphatic heterocycles. The lowest BCUT2D eigenvalue weighted by atomic mass is 9.78. The van der Waals surface area contributed by atoms with Crippen LogP contribution in [0.25, 0.3) is 0 Å². The van der Waals surface area contributed by atoms with Crippen molar-refractivity contribution in [3.8, 4) is 0 Å². The van der Waals surface area contributed by atoms with E-state index in [0.29, 0.717) is 25.9 Å². The number of pyridine rings is 1. The Kier molecular flexibility index (Phi) is 6.55. The van der Waals surface area contributed by atoms with Gasteiger partial charge in [0.2, 0.25) is 5.91 Å². The van der Waals surface area contributed by atoms with Gasteiger partial charge in [-0.2, -0.15) is 0 Å². The summed E-state index contributed by atoms with van der Waals surface area (Å²) in [5, 5.41) is 2.96. The lowest BCUT2D eigenvalue weighted by Gasteiger charge is -2.40. The van der Waals surface area contributed by atoms with E-state index in [4.69, 9.17) is 0 Å². The van der Waals surface area contributed by atoms with Gasteiger partial charge in [-0.15, -0.1) is 0 Å². The number of nitrogens with zero attached hydrogens (tertiary/aromatic N) is 3. The molecule has 0 radical (unpaired) electrons. The minimum absolute atomic E-state index is 0.0488. The predicted molar refractivity (Wildman–Crippen MR) is 136 cm³/mol. The van der Waals surface area contributed by atoms with E-state index in [1.165, 1.54) is 4.90 Å². The van der Waals surface area contributed by atoms with Gasteiger partial charge >= 0.3 is 6.03 Å². The van der Waals surface area contributed by atoms with Gasteiger partial charge in [0, 0.05) is 25.5 Å². The van der Waals surface area contributed by atoms with Gasteiger partial charge in [-0.1, -0.05) is 60.7 Å². The summed E-state index contributed by atoms with van der Waals surface area (Å²) in [4.78, 5) is 47.1.